The van der Waals surface area contributed by atoms with Crippen LogP contribution in [0.1, 0.15) is 24.5 Å². The second-order valence-electron chi connectivity index (χ2n) is 9.02. The molecule has 0 spiro atoms. The van der Waals surface area contributed by atoms with E-state index in [4.69, 9.17) is 0 Å². The molecule has 2 aliphatic heterocycles. The topological polar surface area (TPSA) is 90.0 Å². The molecule has 2 fully saturated rings. The number of anilines is 1. The van der Waals surface area contributed by atoms with E-state index in [-0.39, 0.29) is 23.1 Å². The number of benzene rings is 2. The van der Waals surface area contributed by atoms with Gasteiger partial charge in [-0.05, 0) is 37.2 Å². The van der Waals surface area contributed by atoms with Gasteiger partial charge >= 0.3 is 0 Å². The Balaban J connectivity index is 1.38. The summed E-state index contributed by atoms with van der Waals surface area (Å²) in [4.78, 5) is 29.4. The lowest BCUT2D eigenvalue weighted by Gasteiger charge is -2.33. The maximum atomic E-state index is 13.1. The van der Waals surface area contributed by atoms with Crippen LogP contribution in [0, 0.1) is 12.8 Å². The molecule has 1 unspecified atom stereocenters. The van der Waals surface area contributed by atoms with Gasteiger partial charge in [0.25, 0.3) is 0 Å². The Hall–Kier alpha value is -2.75. The number of nitrogens with zero attached hydrogens (tertiary/aromatic N) is 3. The number of likely N-dealkylation sites (tertiary alicyclic amines) is 1. The van der Waals surface area contributed by atoms with E-state index in [1.54, 1.807) is 23.1 Å². The van der Waals surface area contributed by atoms with Gasteiger partial charge in [-0.15, -0.1) is 0 Å². The number of hydrogen-bond donors (Lipinski definition) is 1. The van der Waals surface area contributed by atoms with E-state index in [2.05, 4.69) is 17.1 Å². The van der Waals surface area contributed by atoms with Crippen LogP contribution in [0.25, 0.3) is 0 Å². The van der Waals surface area contributed by atoms with Crippen LogP contribution < -0.4 is 5.32 Å². The molecule has 0 aromatic heterocycles. The van der Waals surface area contributed by atoms with Crippen molar-refractivity contribution in [3.8, 4) is 0 Å². The van der Waals surface area contributed by atoms with E-state index < -0.39 is 15.9 Å². The normalized spacial score (nSPS) is 20.0. The SMILES string of the molecule is CCN1CCN(S(=O)(=O)c2cccc(NC(=O)C3CC(=O)N(Cc4ccc(C)cc4)C3)c2)CC1. The van der Waals surface area contributed by atoms with Crippen molar-refractivity contribution < 1.29 is 18.0 Å². The second-order valence-corrected chi connectivity index (χ2v) is 11.0. The van der Waals surface area contributed by atoms with E-state index in [9.17, 15) is 18.0 Å². The van der Waals surface area contributed by atoms with Gasteiger partial charge in [-0.3, -0.25) is 9.59 Å². The van der Waals surface area contributed by atoms with Crippen LogP contribution in [-0.4, -0.2) is 73.6 Å². The van der Waals surface area contributed by atoms with Crippen LogP contribution in [0.5, 0.6) is 0 Å². The van der Waals surface area contributed by atoms with Crippen LogP contribution >= 0.6 is 0 Å². The number of carbonyl (C=O) groups is 2. The first-order chi connectivity index (χ1) is 16.3. The summed E-state index contributed by atoms with van der Waals surface area (Å²) in [5.41, 5.74) is 2.60. The van der Waals surface area contributed by atoms with Gasteiger partial charge in [0.05, 0.1) is 10.8 Å². The van der Waals surface area contributed by atoms with Crippen molar-refractivity contribution in [2.45, 2.75) is 31.7 Å². The molecule has 0 radical (unpaired) electrons. The third kappa shape index (κ3) is 5.48. The summed E-state index contributed by atoms with van der Waals surface area (Å²) in [5, 5.41) is 2.82. The lowest BCUT2D eigenvalue weighted by Crippen LogP contribution is -2.48. The highest BCUT2D eigenvalue weighted by atomic mass is 32.2. The summed E-state index contributed by atoms with van der Waals surface area (Å²) in [6, 6.07) is 14.4. The maximum absolute atomic E-state index is 13.1. The van der Waals surface area contributed by atoms with Crippen molar-refractivity contribution in [3.63, 3.8) is 0 Å². The smallest absolute Gasteiger partial charge is 0.243 e. The van der Waals surface area contributed by atoms with Gasteiger partial charge in [-0.2, -0.15) is 4.31 Å². The summed E-state index contributed by atoms with van der Waals surface area (Å²) in [6.07, 6.45) is 0.150. The molecule has 9 heteroatoms. The van der Waals surface area contributed by atoms with Crippen molar-refractivity contribution >= 4 is 27.5 Å². The summed E-state index contributed by atoms with van der Waals surface area (Å²) in [5.74, 6) is -0.797. The quantitative estimate of drug-likeness (QED) is 0.651. The number of sulfonamides is 1. The number of amides is 2. The van der Waals surface area contributed by atoms with Gasteiger partial charge in [0.1, 0.15) is 0 Å². The summed E-state index contributed by atoms with van der Waals surface area (Å²) >= 11 is 0. The molecule has 2 heterocycles. The van der Waals surface area contributed by atoms with E-state index in [0.29, 0.717) is 45.0 Å². The molecule has 0 aliphatic carbocycles. The highest BCUT2D eigenvalue weighted by Gasteiger charge is 2.34. The minimum Gasteiger partial charge on any atom is -0.338 e. The maximum Gasteiger partial charge on any atom is 0.243 e. The van der Waals surface area contributed by atoms with Crippen molar-refractivity contribution in [1.82, 2.24) is 14.1 Å². The summed E-state index contributed by atoms with van der Waals surface area (Å²) in [6.45, 7) is 8.12. The van der Waals surface area contributed by atoms with E-state index in [1.807, 2.05) is 31.2 Å². The molecule has 8 nitrogen and oxygen atoms in total. The van der Waals surface area contributed by atoms with Gasteiger partial charge in [0.2, 0.25) is 21.8 Å². The van der Waals surface area contributed by atoms with Gasteiger partial charge in [0.15, 0.2) is 0 Å². The zero-order chi connectivity index (χ0) is 24.3. The van der Waals surface area contributed by atoms with Gasteiger partial charge < -0.3 is 15.1 Å². The van der Waals surface area contributed by atoms with E-state index in [0.717, 1.165) is 17.7 Å². The van der Waals surface area contributed by atoms with Crippen LogP contribution in [0.2, 0.25) is 0 Å². The van der Waals surface area contributed by atoms with Crippen molar-refractivity contribution in [2.24, 2.45) is 5.92 Å². The van der Waals surface area contributed by atoms with Crippen LogP contribution in [-0.2, 0) is 26.2 Å². The molecule has 1 atom stereocenters. The van der Waals surface area contributed by atoms with Crippen molar-refractivity contribution in [2.75, 3.05) is 44.6 Å². The summed E-state index contributed by atoms with van der Waals surface area (Å²) < 4.78 is 27.7. The molecule has 4 rings (SSSR count). The first kappa shape index (κ1) is 24.4. The van der Waals surface area contributed by atoms with Crippen molar-refractivity contribution in [1.29, 1.82) is 0 Å². The van der Waals surface area contributed by atoms with Gasteiger partial charge in [-0.25, -0.2) is 8.42 Å². The highest BCUT2D eigenvalue weighted by molar-refractivity contribution is 7.89. The Morgan fingerprint density at radius 3 is 2.44 bits per heavy atom. The van der Waals surface area contributed by atoms with Gasteiger partial charge in [-0.1, -0.05) is 42.8 Å². The van der Waals surface area contributed by atoms with Crippen LogP contribution in [0.4, 0.5) is 5.69 Å². The molecule has 2 amide bonds. The van der Waals surface area contributed by atoms with Crippen LogP contribution in [0.3, 0.4) is 0 Å². The number of carbonyl (C=O) groups excluding carboxylic acids is 2. The fraction of sp³-hybridized carbons (Fsp3) is 0.440. The fourth-order valence-corrected chi connectivity index (χ4v) is 5.90. The molecule has 0 saturated carbocycles. The van der Waals surface area contributed by atoms with E-state index in [1.165, 1.54) is 10.4 Å². The molecule has 34 heavy (non-hydrogen) atoms. The largest absolute Gasteiger partial charge is 0.338 e. The van der Waals surface area contributed by atoms with Gasteiger partial charge in [0, 0.05) is 51.4 Å². The molecule has 2 aliphatic rings. The third-order valence-electron chi connectivity index (χ3n) is 6.60. The Morgan fingerprint density at radius 1 is 1.06 bits per heavy atom. The zero-order valence-corrected chi connectivity index (χ0v) is 20.6. The minimum atomic E-state index is -3.63. The number of aryl methyl sites for hydroxylation is 1. The van der Waals surface area contributed by atoms with E-state index >= 15 is 0 Å². The molecule has 182 valence electrons. The third-order valence-corrected chi connectivity index (χ3v) is 8.49. The molecule has 2 aromatic carbocycles. The lowest BCUT2D eigenvalue weighted by atomic mass is 10.1. The Bertz CT molecular complexity index is 1140. The summed E-state index contributed by atoms with van der Waals surface area (Å²) in [7, 11) is -3.63. The predicted octanol–water partition coefficient (Wildman–Crippen LogP) is 2.31. The molecule has 2 aromatic rings. The first-order valence-electron chi connectivity index (χ1n) is 11.7. The monoisotopic (exact) mass is 484 g/mol. The molecular formula is C25H32N4O4S. The average molecular weight is 485 g/mol. The Morgan fingerprint density at radius 2 is 1.76 bits per heavy atom. The standard InChI is InChI=1S/C25H32N4O4S/c1-3-27-11-13-29(14-12-27)34(32,33)23-6-4-5-22(16-23)26-25(31)21-15-24(30)28(18-21)17-20-9-7-19(2)8-10-20/h4-10,16,21H,3,11-15,17-18H2,1-2H3,(H,26,31). The van der Waals surface area contributed by atoms with Crippen LogP contribution in [0.15, 0.2) is 53.4 Å². The second kappa shape index (κ2) is 10.2. The number of rotatable bonds is 7. The molecular weight excluding hydrogens is 452 g/mol. The molecule has 2 saturated heterocycles. The van der Waals surface area contributed by atoms with Crippen molar-refractivity contribution in [3.05, 3.63) is 59.7 Å². The minimum absolute atomic E-state index is 0.0525. The molecule has 1 N–H and O–H groups in total. The first-order valence-corrected chi connectivity index (χ1v) is 13.2. The Kier molecular flexibility index (Phi) is 7.35. The zero-order valence-electron chi connectivity index (χ0n) is 19.7. The number of nitrogens with one attached hydrogen (secondary N) is 1. The Labute approximate surface area is 201 Å². The fourth-order valence-electron chi connectivity index (χ4n) is 4.43. The number of likely N-dealkylation sites (N-methyl/N-ethyl adjacent to an activating group) is 1. The average Bonchev–Trinajstić information content (AvgIpc) is 3.21. The lowest BCUT2D eigenvalue weighted by molar-refractivity contribution is -0.128. The molecule has 0 bridgehead atoms. The number of hydrogen-bond acceptors (Lipinski definition) is 5. The number of piperazine rings is 1. The highest BCUT2D eigenvalue weighted by Crippen LogP contribution is 2.24. The predicted molar refractivity (Wildman–Crippen MR) is 131 cm³/mol.